The van der Waals surface area contributed by atoms with Crippen molar-refractivity contribution < 1.29 is 22.7 Å². The number of aryl methyl sites for hydroxylation is 3. The second kappa shape index (κ2) is 9.33. The molecule has 0 fully saturated rings. The molecule has 0 unspecified atom stereocenters. The molecule has 1 aliphatic rings. The lowest BCUT2D eigenvalue weighted by molar-refractivity contribution is -0.142. The summed E-state index contributed by atoms with van der Waals surface area (Å²) in [5.74, 6) is -0.880. The molecule has 154 valence electrons. The van der Waals surface area contributed by atoms with Crippen LogP contribution in [0.25, 0.3) is 0 Å². The van der Waals surface area contributed by atoms with Gasteiger partial charge in [0.1, 0.15) is 0 Å². The molecule has 0 radical (unpaired) electrons. The Balaban J connectivity index is 1.45. The van der Waals surface area contributed by atoms with Gasteiger partial charge in [0.15, 0.2) is 12.4 Å². The molecular weight excluding hydrogens is 390 g/mol. The molecule has 0 saturated heterocycles. The molecule has 29 heavy (non-hydrogen) atoms. The van der Waals surface area contributed by atoms with E-state index in [2.05, 4.69) is 4.72 Å². The Labute approximate surface area is 171 Å². The molecule has 0 bridgehead atoms. The van der Waals surface area contributed by atoms with Gasteiger partial charge in [0.05, 0.1) is 11.3 Å². The largest absolute Gasteiger partial charge is 0.457 e. The fourth-order valence-corrected chi connectivity index (χ4v) is 4.33. The van der Waals surface area contributed by atoms with Crippen molar-refractivity contribution >= 4 is 21.8 Å². The van der Waals surface area contributed by atoms with Crippen molar-refractivity contribution in [3.63, 3.8) is 0 Å². The van der Waals surface area contributed by atoms with Crippen molar-refractivity contribution in [1.29, 1.82) is 0 Å². The first-order chi connectivity index (χ1) is 13.8. The predicted molar refractivity (Wildman–Crippen MR) is 109 cm³/mol. The molecule has 1 N–H and O–H groups in total. The summed E-state index contributed by atoms with van der Waals surface area (Å²) in [6.07, 6.45) is 4.15. The fraction of sp³-hybridized carbons (Fsp3) is 0.364. The molecule has 0 amide bonds. The van der Waals surface area contributed by atoms with Crippen molar-refractivity contribution in [3.8, 4) is 0 Å². The lowest BCUT2D eigenvalue weighted by Crippen LogP contribution is -2.27. The normalized spacial score (nSPS) is 13.6. The Hall–Kier alpha value is -2.51. The van der Waals surface area contributed by atoms with Gasteiger partial charge in [-0.1, -0.05) is 29.8 Å². The average Bonchev–Trinajstić information content (AvgIpc) is 2.72. The summed E-state index contributed by atoms with van der Waals surface area (Å²) in [6, 6.07) is 12.1. The van der Waals surface area contributed by atoms with Crippen LogP contribution in [0.15, 0.2) is 47.4 Å². The lowest BCUT2D eigenvalue weighted by Gasteiger charge is -2.16. The molecule has 2 aromatic rings. The molecule has 7 heteroatoms. The number of hydrogen-bond donors (Lipinski definition) is 1. The van der Waals surface area contributed by atoms with Gasteiger partial charge in [0.25, 0.3) is 0 Å². The number of benzene rings is 2. The number of Topliss-reactive ketones (excluding diaryl/α,β-unsaturated/α-hetero) is 1. The molecule has 0 aromatic heterocycles. The summed E-state index contributed by atoms with van der Waals surface area (Å²) in [7, 11) is -3.68. The third-order valence-electron chi connectivity index (χ3n) is 4.99. The summed E-state index contributed by atoms with van der Waals surface area (Å²) in [6.45, 7) is 1.43. The van der Waals surface area contributed by atoms with Crippen LogP contribution in [0.5, 0.6) is 0 Å². The van der Waals surface area contributed by atoms with Gasteiger partial charge in [0.2, 0.25) is 10.0 Å². The van der Waals surface area contributed by atoms with E-state index in [1.54, 1.807) is 18.2 Å². The molecule has 1 aliphatic carbocycles. The van der Waals surface area contributed by atoms with Crippen LogP contribution in [0.4, 0.5) is 0 Å². The first-order valence-corrected chi connectivity index (χ1v) is 11.2. The predicted octanol–water partition coefficient (Wildman–Crippen LogP) is 2.97. The molecule has 0 aliphatic heterocycles. The number of esters is 1. The minimum Gasteiger partial charge on any atom is -0.457 e. The molecule has 0 heterocycles. The molecular formula is C22H25NO5S. The number of nitrogens with one attached hydrogen (secondary N) is 1. The fourth-order valence-electron chi connectivity index (χ4n) is 3.30. The first-order valence-electron chi connectivity index (χ1n) is 9.72. The number of ether oxygens (including phenoxy) is 1. The quantitative estimate of drug-likeness (QED) is 0.529. The van der Waals surface area contributed by atoms with E-state index in [1.165, 1.54) is 29.7 Å². The van der Waals surface area contributed by atoms with E-state index in [0.29, 0.717) is 5.56 Å². The number of fused-ring (bicyclic) bond motifs is 1. The van der Waals surface area contributed by atoms with Crippen LogP contribution in [0.1, 0.15) is 46.3 Å². The van der Waals surface area contributed by atoms with E-state index in [-0.39, 0.29) is 30.3 Å². The van der Waals surface area contributed by atoms with Gasteiger partial charge in [-0.05, 0) is 61.9 Å². The zero-order valence-corrected chi connectivity index (χ0v) is 17.3. The summed E-state index contributed by atoms with van der Waals surface area (Å²) in [5, 5.41) is 0. The third-order valence-corrected chi connectivity index (χ3v) is 6.46. The summed E-state index contributed by atoms with van der Waals surface area (Å²) in [5.41, 5.74) is 3.97. The zero-order chi connectivity index (χ0) is 20.9. The Morgan fingerprint density at radius 1 is 1.00 bits per heavy atom. The lowest BCUT2D eigenvalue weighted by atomic mass is 9.90. The zero-order valence-electron chi connectivity index (χ0n) is 16.4. The Kier molecular flexibility index (Phi) is 6.82. The maximum atomic E-state index is 12.3. The van der Waals surface area contributed by atoms with Gasteiger partial charge in [-0.2, -0.15) is 0 Å². The Morgan fingerprint density at radius 2 is 1.69 bits per heavy atom. The highest BCUT2D eigenvalue weighted by Crippen LogP contribution is 2.22. The van der Waals surface area contributed by atoms with Crippen LogP contribution in [-0.4, -0.2) is 33.3 Å². The number of rotatable bonds is 8. The van der Waals surface area contributed by atoms with Crippen molar-refractivity contribution in [2.45, 2.75) is 43.9 Å². The van der Waals surface area contributed by atoms with E-state index in [4.69, 9.17) is 4.74 Å². The topological polar surface area (TPSA) is 89.5 Å². The van der Waals surface area contributed by atoms with E-state index < -0.39 is 16.0 Å². The summed E-state index contributed by atoms with van der Waals surface area (Å²) >= 11 is 0. The van der Waals surface area contributed by atoms with E-state index >= 15 is 0 Å². The number of ketones is 1. The van der Waals surface area contributed by atoms with Crippen molar-refractivity contribution in [3.05, 3.63) is 64.7 Å². The highest BCUT2D eigenvalue weighted by atomic mass is 32.2. The third kappa shape index (κ3) is 5.74. The Bertz CT molecular complexity index is 996. The second-order valence-corrected chi connectivity index (χ2v) is 9.00. The van der Waals surface area contributed by atoms with Gasteiger partial charge in [-0.25, -0.2) is 13.1 Å². The van der Waals surface area contributed by atoms with Gasteiger partial charge in [0, 0.05) is 12.1 Å². The number of sulfonamides is 1. The van der Waals surface area contributed by atoms with Gasteiger partial charge < -0.3 is 4.74 Å². The molecule has 0 spiro atoms. The van der Waals surface area contributed by atoms with Crippen molar-refractivity contribution in [2.75, 3.05) is 13.2 Å². The van der Waals surface area contributed by atoms with E-state index in [0.717, 1.165) is 24.8 Å². The monoisotopic (exact) mass is 415 g/mol. The van der Waals surface area contributed by atoms with Crippen molar-refractivity contribution in [2.24, 2.45) is 0 Å². The summed E-state index contributed by atoms with van der Waals surface area (Å²) < 4.78 is 31.7. The number of carbonyl (C=O) groups is 2. The van der Waals surface area contributed by atoms with Crippen LogP contribution in [-0.2, 0) is 32.4 Å². The van der Waals surface area contributed by atoms with Crippen LogP contribution < -0.4 is 4.72 Å². The molecule has 2 aromatic carbocycles. The molecule has 0 atom stereocenters. The average molecular weight is 416 g/mol. The SMILES string of the molecule is Cc1ccc(S(=O)(=O)NCCC(=O)OCC(=O)c2ccc3c(c2)CCCC3)cc1. The van der Waals surface area contributed by atoms with Gasteiger partial charge in [-0.3, -0.25) is 9.59 Å². The maximum Gasteiger partial charge on any atom is 0.307 e. The van der Waals surface area contributed by atoms with Crippen molar-refractivity contribution in [1.82, 2.24) is 4.72 Å². The molecule has 3 rings (SSSR count). The Morgan fingerprint density at radius 3 is 2.41 bits per heavy atom. The van der Waals surface area contributed by atoms with Gasteiger partial charge >= 0.3 is 5.97 Å². The van der Waals surface area contributed by atoms with E-state index in [9.17, 15) is 18.0 Å². The van der Waals surface area contributed by atoms with Crippen LogP contribution in [0, 0.1) is 6.92 Å². The number of hydrogen-bond acceptors (Lipinski definition) is 5. The first kappa shape index (κ1) is 21.2. The summed E-state index contributed by atoms with van der Waals surface area (Å²) in [4.78, 5) is 24.3. The van der Waals surface area contributed by atoms with Gasteiger partial charge in [-0.15, -0.1) is 0 Å². The van der Waals surface area contributed by atoms with Crippen LogP contribution in [0.3, 0.4) is 0 Å². The minimum atomic E-state index is -3.68. The van der Waals surface area contributed by atoms with E-state index in [1.807, 2.05) is 19.1 Å². The van der Waals surface area contributed by atoms with Crippen LogP contribution >= 0.6 is 0 Å². The number of carbonyl (C=O) groups excluding carboxylic acids is 2. The standard InChI is InChI=1S/C22H25NO5S/c1-16-6-10-20(11-7-16)29(26,27)23-13-12-22(25)28-15-21(24)19-9-8-17-4-2-3-5-18(17)14-19/h6-11,14,23H,2-5,12-13,15H2,1H3. The minimum absolute atomic E-state index is 0.0952. The highest BCUT2D eigenvalue weighted by molar-refractivity contribution is 7.89. The maximum absolute atomic E-state index is 12.3. The highest BCUT2D eigenvalue weighted by Gasteiger charge is 2.16. The molecule has 0 saturated carbocycles. The smallest absolute Gasteiger partial charge is 0.307 e. The molecule has 6 nitrogen and oxygen atoms in total. The van der Waals surface area contributed by atoms with Crippen LogP contribution in [0.2, 0.25) is 0 Å². The second-order valence-electron chi connectivity index (χ2n) is 7.24.